The first kappa shape index (κ1) is 12.1. The lowest BCUT2D eigenvalue weighted by molar-refractivity contribution is 0.0605. The number of carbonyl (C=O) groups is 1. The second kappa shape index (κ2) is 4.15. The van der Waals surface area contributed by atoms with E-state index in [4.69, 9.17) is 5.73 Å². The van der Waals surface area contributed by atoms with Crippen LogP contribution in [0.25, 0.3) is 0 Å². The Labute approximate surface area is 103 Å². The van der Waals surface area contributed by atoms with Crippen LogP contribution in [0.2, 0.25) is 0 Å². The number of carbonyl (C=O) groups excluding carboxylic acids is 1. The molecule has 0 bridgehead atoms. The van der Waals surface area contributed by atoms with Gasteiger partial charge in [-0.2, -0.15) is 0 Å². The number of rotatable bonds is 1. The van der Waals surface area contributed by atoms with E-state index in [2.05, 4.69) is 20.8 Å². The summed E-state index contributed by atoms with van der Waals surface area (Å²) in [6, 6.07) is 8.00. The fourth-order valence-corrected chi connectivity index (χ4v) is 2.17. The van der Waals surface area contributed by atoms with Gasteiger partial charge < -0.3 is 10.6 Å². The van der Waals surface area contributed by atoms with E-state index in [0.29, 0.717) is 13.1 Å². The first-order valence-electron chi connectivity index (χ1n) is 6.04. The van der Waals surface area contributed by atoms with Crippen LogP contribution in [0.5, 0.6) is 0 Å². The average molecular weight is 232 g/mol. The molecule has 1 aromatic rings. The van der Waals surface area contributed by atoms with Crippen molar-refractivity contribution in [1.82, 2.24) is 4.90 Å². The van der Waals surface area contributed by atoms with Gasteiger partial charge in [-0.3, -0.25) is 4.79 Å². The fraction of sp³-hybridized carbons (Fsp3) is 0.500. The van der Waals surface area contributed by atoms with Crippen molar-refractivity contribution < 1.29 is 4.79 Å². The van der Waals surface area contributed by atoms with Gasteiger partial charge in [-0.15, -0.1) is 0 Å². The zero-order valence-corrected chi connectivity index (χ0v) is 10.7. The predicted octanol–water partition coefficient (Wildman–Crippen LogP) is 1.77. The molecule has 1 saturated heterocycles. The molecule has 1 aromatic carbocycles. The number of nitrogens with two attached hydrogens (primary N) is 1. The van der Waals surface area contributed by atoms with Crippen LogP contribution in [0.1, 0.15) is 36.7 Å². The van der Waals surface area contributed by atoms with Gasteiger partial charge >= 0.3 is 0 Å². The number of nitrogens with zero attached hydrogens (tertiary/aromatic N) is 1. The van der Waals surface area contributed by atoms with Gasteiger partial charge in [0, 0.05) is 24.7 Å². The molecule has 1 amide bonds. The molecule has 1 aliphatic heterocycles. The van der Waals surface area contributed by atoms with Crippen LogP contribution in [0.15, 0.2) is 24.3 Å². The Morgan fingerprint density at radius 1 is 1.29 bits per heavy atom. The molecule has 3 heteroatoms. The van der Waals surface area contributed by atoms with Crippen molar-refractivity contribution in [2.45, 2.75) is 32.2 Å². The Morgan fingerprint density at radius 2 is 1.88 bits per heavy atom. The molecule has 17 heavy (non-hydrogen) atoms. The third-order valence-electron chi connectivity index (χ3n) is 3.16. The number of hydrogen-bond acceptors (Lipinski definition) is 2. The van der Waals surface area contributed by atoms with E-state index in [1.54, 1.807) is 0 Å². The molecule has 0 atom stereocenters. The Morgan fingerprint density at radius 3 is 2.41 bits per heavy atom. The number of likely N-dealkylation sites (tertiary alicyclic amines) is 1. The smallest absolute Gasteiger partial charge is 0.254 e. The van der Waals surface area contributed by atoms with Crippen molar-refractivity contribution in [1.29, 1.82) is 0 Å². The molecule has 1 aliphatic rings. The third kappa shape index (κ3) is 2.34. The van der Waals surface area contributed by atoms with Crippen LogP contribution in [-0.4, -0.2) is 29.9 Å². The van der Waals surface area contributed by atoms with E-state index >= 15 is 0 Å². The first-order valence-corrected chi connectivity index (χ1v) is 6.04. The molecule has 0 radical (unpaired) electrons. The van der Waals surface area contributed by atoms with E-state index in [0.717, 1.165) is 11.1 Å². The minimum atomic E-state index is -0.0146. The lowest BCUT2D eigenvalue weighted by Crippen LogP contribution is -2.58. The highest BCUT2D eigenvalue weighted by Crippen LogP contribution is 2.27. The Hall–Kier alpha value is -1.35. The summed E-state index contributed by atoms with van der Waals surface area (Å²) < 4.78 is 0. The summed E-state index contributed by atoms with van der Waals surface area (Å²) in [4.78, 5) is 14.1. The number of amides is 1. The molecule has 2 rings (SSSR count). The molecule has 0 spiro atoms. The van der Waals surface area contributed by atoms with Crippen LogP contribution in [0.3, 0.4) is 0 Å². The molecule has 0 unspecified atom stereocenters. The molecule has 0 aromatic heterocycles. The predicted molar refractivity (Wildman–Crippen MR) is 69.0 cm³/mol. The maximum atomic E-state index is 12.3. The van der Waals surface area contributed by atoms with Gasteiger partial charge in [-0.25, -0.2) is 0 Å². The quantitative estimate of drug-likeness (QED) is 0.802. The summed E-state index contributed by atoms with van der Waals surface area (Å²) in [5.74, 6) is 0.109. The van der Waals surface area contributed by atoms with Crippen molar-refractivity contribution in [3.05, 3.63) is 35.4 Å². The van der Waals surface area contributed by atoms with Crippen molar-refractivity contribution >= 4 is 5.91 Å². The highest BCUT2D eigenvalue weighted by atomic mass is 16.2. The van der Waals surface area contributed by atoms with Crippen LogP contribution in [0, 0.1) is 0 Å². The zero-order chi connectivity index (χ0) is 12.6. The van der Waals surface area contributed by atoms with Gasteiger partial charge in [0.1, 0.15) is 0 Å². The average Bonchev–Trinajstić information content (AvgIpc) is 2.23. The van der Waals surface area contributed by atoms with Crippen LogP contribution < -0.4 is 5.73 Å². The van der Waals surface area contributed by atoms with Crippen LogP contribution in [0.4, 0.5) is 0 Å². The van der Waals surface area contributed by atoms with E-state index < -0.39 is 0 Å². The Kier molecular flexibility index (Phi) is 2.96. The topological polar surface area (TPSA) is 46.3 Å². The summed E-state index contributed by atoms with van der Waals surface area (Å²) in [6.07, 6.45) is 0. The lowest BCUT2D eigenvalue weighted by atomic mass is 9.83. The molecule has 2 N–H and O–H groups in total. The summed E-state index contributed by atoms with van der Waals surface area (Å²) in [7, 11) is 0. The zero-order valence-electron chi connectivity index (χ0n) is 10.7. The van der Waals surface area contributed by atoms with Gasteiger partial charge in [-0.1, -0.05) is 39.0 Å². The molecular weight excluding hydrogens is 212 g/mol. The monoisotopic (exact) mass is 232 g/mol. The van der Waals surface area contributed by atoms with Crippen molar-refractivity contribution in [3.63, 3.8) is 0 Å². The fourth-order valence-electron chi connectivity index (χ4n) is 2.17. The third-order valence-corrected chi connectivity index (χ3v) is 3.16. The maximum Gasteiger partial charge on any atom is 0.254 e. The standard InChI is InChI=1S/C14H20N2O/c1-14(2,3)12-7-5-4-6-11(12)13(17)16-8-10(15)9-16/h4-7,10H,8-9,15H2,1-3H3. The van der Waals surface area contributed by atoms with Crippen LogP contribution >= 0.6 is 0 Å². The SMILES string of the molecule is CC(C)(C)c1ccccc1C(=O)N1CC(N)C1. The van der Waals surface area contributed by atoms with E-state index in [1.165, 1.54) is 0 Å². The molecular formula is C14H20N2O. The minimum absolute atomic E-state index is 0.0146. The highest BCUT2D eigenvalue weighted by Gasteiger charge is 2.31. The molecule has 1 heterocycles. The number of benzene rings is 1. The summed E-state index contributed by atoms with van der Waals surface area (Å²) >= 11 is 0. The van der Waals surface area contributed by atoms with E-state index in [1.807, 2.05) is 29.2 Å². The molecule has 3 nitrogen and oxygen atoms in total. The Bertz CT molecular complexity index is 428. The van der Waals surface area contributed by atoms with E-state index in [-0.39, 0.29) is 17.4 Å². The maximum absolute atomic E-state index is 12.3. The number of hydrogen-bond donors (Lipinski definition) is 1. The van der Waals surface area contributed by atoms with Gasteiger partial charge in [0.05, 0.1) is 0 Å². The minimum Gasteiger partial charge on any atom is -0.335 e. The normalized spacial score (nSPS) is 16.8. The van der Waals surface area contributed by atoms with Crippen molar-refractivity contribution in [2.24, 2.45) is 5.73 Å². The van der Waals surface area contributed by atoms with Gasteiger partial charge in [0.15, 0.2) is 0 Å². The highest BCUT2D eigenvalue weighted by molar-refractivity contribution is 5.96. The molecule has 0 aliphatic carbocycles. The van der Waals surface area contributed by atoms with Gasteiger partial charge in [0.25, 0.3) is 5.91 Å². The van der Waals surface area contributed by atoms with Crippen molar-refractivity contribution in [2.75, 3.05) is 13.1 Å². The summed E-state index contributed by atoms with van der Waals surface area (Å²) in [5.41, 5.74) is 7.61. The van der Waals surface area contributed by atoms with Gasteiger partial charge in [-0.05, 0) is 17.0 Å². The Balaban J connectivity index is 2.29. The first-order chi connectivity index (χ1) is 7.89. The summed E-state index contributed by atoms with van der Waals surface area (Å²) in [5, 5.41) is 0. The van der Waals surface area contributed by atoms with Crippen LogP contribution in [-0.2, 0) is 5.41 Å². The molecule has 1 fully saturated rings. The second-order valence-corrected chi connectivity index (χ2v) is 5.77. The molecule has 0 saturated carbocycles. The van der Waals surface area contributed by atoms with Gasteiger partial charge in [0.2, 0.25) is 0 Å². The lowest BCUT2D eigenvalue weighted by Gasteiger charge is -2.38. The van der Waals surface area contributed by atoms with Crippen molar-refractivity contribution in [3.8, 4) is 0 Å². The second-order valence-electron chi connectivity index (χ2n) is 5.77. The molecule has 92 valence electrons. The van der Waals surface area contributed by atoms with E-state index in [9.17, 15) is 4.79 Å². The summed E-state index contributed by atoms with van der Waals surface area (Å²) in [6.45, 7) is 7.73. The largest absolute Gasteiger partial charge is 0.335 e.